The molecule has 0 fully saturated rings. The minimum absolute atomic E-state index is 0.384. The number of phenols is 2. The van der Waals surface area contributed by atoms with Gasteiger partial charge in [-0.2, -0.15) is 0 Å². The van der Waals surface area contributed by atoms with Crippen LogP contribution in [0.2, 0.25) is 0 Å². The summed E-state index contributed by atoms with van der Waals surface area (Å²) in [5.41, 5.74) is -0.633. The predicted molar refractivity (Wildman–Crippen MR) is 54.8 cm³/mol. The molecule has 0 aromatic heterocycles. The van der Waals surface area contributed by atoms with Crippen molar-refractivity contribution in [2.75, 3.05) is 7.11 Å². The number of halogens is 2. The molecule has 1 aromatic carbocycles. The van der Waals surface area contributed by atoms with Gasteiger partial charge in [-0.1, -0.05) is 0 Å². The second-order valence-electron chi connectivity index (χ2n) is 2.92. The van der Waals surface area contributed by atoms with E-state index >= 15 is 0 Å². The minimum Gasteiger partial charge on any atom is -0.504 e. The Bertz CT molecular complexity index is 514. The minimum atomic E-state index is -4.06. The van der Waals surface area contributed by atoms with E-state index in [1.807, 2.05) is 0 Å². The zero-order chi connectivity index (χ0) is 12.5. The molecule has 0 aliphatic rings. The van der Waals surface area contributed by atoms with Gasteiger partial charge in [0.1, 0.15) is 0 Å². The molecule has 0 aliphatic heterocycles. The van der Waals surface area contributed by atoms with Gasteiger partial charge in [0.25, 0.3) is 0 Å². The average Bonchev–Trinajstić information content (AvgIpc) is 2.17. The molecular formula is C8H8ClFO5S. The van der Waals surface area contributed by atoms with Crippen LogP contribution in [0.4, 0.5) is 4.39 Å². The molecule has 0 atom stereocenters. The summed E-state index contributed by atoms with van der Waals surface area (Å²) in [6.07, 6.45) is 0. The molecule has 0 radical (unpaired) electrons. The number of rotatable bonds is 3. The Kier molecular flexibility index (Phi) is 3.49. The molecule has 0 amide bonds. The van der Waals surface area contributed by atoms with Gasteiger partial charge in [0.05, 0.1) is 18.4 Å². The van der Waals surface area contributed by atoms with E-state index in [0.717, 1.165) is 13.2 Å². The Morgan fingerprint density at radius 3 is 2.50 bits per heavy atom. The van der Waals surface area contributed by atoms with E-state index in [9.17, 15) is 23.0 Å². The molecule has 0 saturated carbocycles. The number of hydrogen-bond donors (Lipinski definition) is 2. The van der Waals surface area contributed by atoms with E-state index in [1.165, 1.54) is 0 Å². The lowest BCUT2D eigenvalue weighted by molar-refractivity contribution is 0.360. The fourth-order valence-electron chi connectivity index (χ4n) is 1.12. The van der Waals surface area contributed by atoms with Crippen molar-refractivity contribution >= 4 is 19.7 Å². The first-order valence-corrected chi connectivity index (χ1v) is 6.43. The third kappa shape index (κ3) is 2.67. The van der Waals surface area contributed by atoms with Gasteiger partial charge in [0.15, 0.2) is 23.1 Å². The second-order valence-corrected chi connectivity index (χ2v) is 5.70. The van der Waals surface area contributed by atoms with Crippen molar-refractivity contribution in [1.82, 2.24) is 0 Å². The molecule has 8 heteroatoms. The van der Waals surface area contributed by atoms with Crippen molar-refractivity contribution in [3.63, 3.8) is 0 Å². The number of aromatic hydroxyl groups is 2. The molecular weight excluding hydrogens is 263 g/mol. The van der Waals surface area contributed by atoms with Crippen LogP contribution in [-0.2, 0) is 14.8 Å². The maximum Gasteiger partial charge on any atom is 0.237 e. The summed E-state index contributed by atoms with van der Waals surface area (Å²) in [5.74, 6) is -3.97. The highest BCUT2D eigenvalue weighted by Crippen LogP contribution is 2.38. The molecule has 0 aliphatic carbocycles. The summed E-state index contributed by atoms with van der Waals surface area (Å²) in [5, 5.41) is 18.5. The molecule has 2 N–H and O–H groups in total. The quantitative estimate of drug-likeness (QED) is 0.639. The standard InChI is InChI=1S/C8H8ClFO5S/c1-15-6-2-5(11)8(12)4(7(6)10)3-16(9,13)14/h2,11-12H,3H2,1H3. The van der Waals surface area contributed by atoms with Crippen molar-refractivity contribution in [3.8, 4) is 17.2 Å². The first-order chi connectivity index (χ1) is 7.26. The third-order valence-electron chi connectivity index (χ3n) is 1.81. The SMILES string of the molecule is COc1cc(O)c(O)c(CS(=O)(=O)Cl)c1F. The fourth-order valence-corrected chi connectivity index (χ4v) is 2.05. The number of benzene rings is 1. The highest BCUT2D eigenvalue weighted by molar-refractivity contribution is 8.13. The highest BCUT2D eigenvalue weighted by Gasteiger charge is 2.22. The molecule has 0 spiro atoms. The summed E-state index contributed by atoms with van der Waals surface area (Å²) < 4.78 is 39.6. The van der Waals surface area contributed by atoms with Gasteiger partial charge in [-0.3, -0.25) is 0 Å². The van der Waals surface area contributed by atoms with Crippen LogP contribution in [0, 0.1) is 5.82 Å². The molecule has 5 nitrogen and oxygen atoms in total. The van der Waals surface area contributed by atoms with E-state index in [2.05, 4.69) is 4.74 Å². The van der Waals surface area contributed by atoms with Crippen molar-refractivity contribution < 1.29 is 27.8 Å². The average molecular weight is 271 g/mol. The van der Waals surface area contributed by atoms with Crippen LogP contribution < -0.4 is 4.74 Å². The molecule has 0 bridgehead atoms. The van der Waals surface area contributed by atoms with E-state index in [1.54, 1.807) is 0 Å². The lowest BCUT2D eigenvalue weighted by Gasteiger charge is -2.09. The molecule has 1 rings (SSSR count). The van der Waals surface area contributed by atoms with Gasteiger partial charge >= 0.3 is 0 Å². The Balaban J connectivity index is 3.42. The normalized spacial score (nSPS) is 11.4. The summed E-state index contributed by atoms with van der Waals surface area (Å²) in [7, 11) is 2.01. The van der Waals surface area contributed by atoms with Crippen molar-refractivity contribution in [3.05, 3.63) is 17.4 Å². The third-order valence-corrected chi connectivity index (χ3v) is 2.78. The predicted octanol–water partition coefficient (Wildman–Crippen LogP) is 1.31. The van der Waals surface area contributed by atoms with Crippen LogP contribution in [0.15, 0.2) is 6.07 Å². The maximum absolute atomic E-state index is 13.5. The topological polar surface area (TPSA) is 83.8 Å². The van der Waals surface area contributed by atoms with Crippen molar-refractivity contribution in [1.29, 1.82) is 0 Å². The van der Waals surface area contributed by atoms with Gasteiger partial charge in [-0.25, -0.2) is 12.8 Å². The maximum atomic E-state index is 13.5. The van der Waals surface area contributed by atoms with Crippen LogP contribution in [-0.4, -0.2) is 25.7 Å². The molecule has 16 heavy (non-hydrogen) atoms. The Hall–Kier alpha value is -1.21. The van der Waals surface area contributed by atoms with Crippen molar-refractivity contribution in [2.45, 2.75) is 5.75 Å². The van der Waals surface area contributed by atoms with E-state index in [4.69, 9.17) is 10.7 Å². The van der Waals surface area contributed by atoms with Gasteiger partial charge < -0.3 is 14.9 Å². The summed E-state index contributed by atoms with van der Waals surface area (Å²) in [6, 6.07) is 0.828. The Morgan fingerprint density at radius 2 is 2.06 bits per heavy atom. The van der Waals surface area contributed by atoms with Crippen LogP contribution in [0.3, 0.4) is 0 Å². The number of ether oxygens (including phenoxy) is 1. The first-order valence-electron chi connectivity index (χ1n) is 3.96. The summed E-state index contributed by atoms with van der Waals surface area (Å²) >= 11 is 0. The smallest absolute Gasteiger partial charge is 0.237 e. The largest absolute Gasteiger partial charge is 0.504 e. The second kappa shape index (κ2) is 4.34. The van der Waals surface area contributed by atoms with Crippen LogP contribution in [0.25, 0.3) is 0 Å². The highest BCUT2D eigenvalue weighted by atomic mass is 35.7. The van der Waals surface area contributed by atoms with Gasteiger partial charge in [-0.05, 0) is 0 Å². The molecule has 0 heterocycles. The monoisotopic (exact) mass is 270 g/mol. The lowest BCUT2D eigenvalue weighted by atomic mass is 10.2. The zero-order valence-electron chi connectivity index (χ0n) is 8.07. The number of phenolic OH excluding ortho intramolecular Hbond substituents is 2. The summed E-state index contributed by atoms with van der Waals surface area (Å²) in [4.78, 5) is 0. The van der Waals surface area contributed by atoms with E-state index < -0.39 is 37.7 Å². The van der Waals surface area contributed by atoms with Gasteiger partial charge in [0, 0.05) is 16.7 Å². The van der Waals surface area contributed by atoms with E-state index in [-0.39, 0.29) is 5.75 Å². The van der Waals surface area contributed by atoms with Gasteiger partial charge in [-0.15, -0.1) is 0 Å². The van der Waals surface area contributed by atoms with Crippen LogP contribution >= 0.6 is 10.7 Å². The van der Waals surface area contributed by atoms with E-state index in [0.29, 0.717) is 0 Å². The number of hydrogen-bond acceptors (Lipinski definition) is 5. The molecule has 0 saturated heterocycles. The number of methoxy groups -OCH3 is 1. The fraction of sp³-hybridized carbons (Fsp3) is 0.250. The van der Waals surface area contributed by atoms with Gasteiger partial charge in [0.2, 0.25) is 9.05 Å². The first kappa shape index (κ1) is 12.9. The van der Waals surface area contributed by atoms with Crippen LogP contribution in [0.5, 0.6) is 17.2 Å². The summed E-state index contributed by atoms with van der Waals surface area (Å²) in [6.45, 7) is 0. The lowest BCUT2D eigenvalue weighted by Crippen LogP contribution is -2.01. The van der Waals surface area contributed by atoms with Crippen molar-refractivity contribution in [2.24, 2.45) is 0 Å². The zero-order valence-corrected chi connectivity index (χ0v) is 9.64. The molecule has 0 unspecified atom stereocenters. The Labute approximate surface area is 95.5 Å². The van der Waals surface area contributed by atoms with Crippen LogP contribution in [0.1, 0.15) is 5.56 Å². The molecule has 90 valence electrons. The molecule has 1 aromatic rings. The Morgan fingerprint density at radius 1 is 1.50 bits per heavy atom.